The minimum atomic E-state index is -0.240. The maximum absolute atomic E-state index is 11.0. The molecule has 0 atom stereocenters. The van der Waals surface area contributed by atoms with Gasteiger partial charge in [-0.15, -0.1) is 6.42 Å². The number of likely N-dealkylation sites (N-methyl/N-ethyl adjacent to an activating group) is 1. The second-order valence-electron chi connectivity index (χ2n) is 2.87. The SMILES string of the molecule is C#CCNCC(=O)NCC(=O)N(C)C. The molecule has 5 nitrogen and oxygen atoms in total. The van der Waals surface area contributed by atoms with Crippen LogP contribution in [-0.4, -0.2) is 50.4 Å². The Morgan fingerprint density at radius 2 is 2.00 bits per heavy atom. The fraction of sp³-hybridized carbons (Fsp3) is 0.556. The summed E-state index contributed by atoms with van der Waals surface area (Å²) in [5.41, 5.74) is 0. The summed E-state index contributed by atoms with van der Waals surface area (Å²) < 4.78 is 0. The minimum absolute atomic E-state index is 0.0174. The maximum atomic E-state index is 11.0. The van der Waals surface area contributed by atoms with Crippen LogP contribution in [-0.2, 0) is 9.59 Å². The average molecular weight is 197 g/mol. The zero-order chi connectivity index (χ0) is 11.0. The van der Waals surface area contributed by atoms with Crippen molar-refractivity contribution in [2.45, 2.75) is 0 Å². The van der Waals surface area contributed by atoms with E-state index >= 15 is 0 Å². The summed E-state index contributed by atoms with van der Waals surface area (Å²) in [6.45, 7) is 0.490. The van der Waals surface area contributed by atoms with E-state index in [-0.39, 0.29) is 24.9 Å². The first-order valence-corrected chi connectivity index (χ1v) is 4.19. The van der Waals surface area contributed by atoms with Crippen molar-refractivity contribution in [1.82, 2.24) is 15.5 Å². The topological polar surface area (TPSA) is 61.4 Å². The largest absolute Gasteiger partial charge is 0.347 e. The van der Waals surface area contributed by atoms with E-state index in [4.69, 9.17) is 6.42 Å². The molecule has 0 aliphatic heterocycles. The minimum Gasteiger partial charge on any atom is -0.347 e. The van der Waals surface area contributed by atoms with Gasteiger partial charge in [0, 0.05) is 14.1 Å². The molecule has 0 unspecified atom stereocenters. The van der Waals surface area contributed by atoms with E-state index in [1.165, 1.54) is 4.90 Å². The van der Waals surface area contributed by atoms with Gasteiger partial charge in [0.2, 0.25) is 11.8 Å². The lowest BCUT2D eigenvalue weighted by Gasteiger charge is -2.10. The molecule has 0 aliphatic carbocycles. The van der Waals surface area contributed by atoms with Gasteiger partial charge in [-0.3, -0.25) is 14.9 Å². The highest BCUT2D eigenvalue weighted by molar-refractivity contribution is 5.85. The van der Waals surface area contributed by atoms with Crippen LogP contribution in [0.15, 0.2) is 0 Å². The summed E-state index contributed by atoms with van der Waals surface area (Å²) in [5, 5.41) is 5.18. The van der Waals surface area contributed by atoms with Crippen LogP contribution in [0.4, 0.5) is 0 Å². The van der Waals surface area contributed by atoms with Gasteiger partial charge in [-0.1, -0.05) is 5.92 Å². The van der Waals surface area contributed by atoms with Gasteiger partial charge in [0.25, 0.3) is 0 Å². The first-order chi connectivity index (χ1) is 6.57. The molecule has 0 radical (unpaired) electrons. The van der Waals surface area contributed by atoms with Crippen molar-refractivity contribution in [3.05, 3.63) is 0 Å². The number of nitrogens with one attached hydrogen (secondary N) is 2. The van der Waals surface area contributed by atoms with E-state index in [1.54, 1.807) is 14.1 Å². The summed E-state index contributed by atoms with van der Waals surface area (Å²) in [5.74, 6) is 1.96. The number of terminal acetylenes is 1. The van der Waals surface area contributed by atoms with Crippen molar-refractivity contribution in [3.63, 3.8) is 0 Å². The molecular weight excluding hydrogens is 182 g/mol. The zero-order valence-corrected chi connectivity index (χ0v) is 8.46. The molecule has 14 heavy (non-hydrogen) atoms. The van der Waals surface area contributed by atoms with Crippen molar-refractivity contribution in [3.8, 4) is 12.3 Å². The summed E-state index contributed by atoms with van der Waals surface area (Å²) in [6, 6.07) is 0. The third kappa shape index (κ3) is 6.03. The lowest BCUT2D eigenvalue weighted by Crippen LogP contribution is -2.40. The fourth-order valence-electron chi connectivity index (χ4n) is 0.643. The summed E-state index contributed by atoms with van der Waals surface area (Å²) in [7, 11) is 3.26. The van der Waals surface area contributed by atoms with Crippen LogP contribution < -0.4 is 10.6 Å². The smallest absolute Gasteiger partial charge is 0.241 e. The molecule has 5 heteroatoms. The molecule has 0 rings (SSSR count). The Morgan fingerprint density at radius 1 is 1.36 bits per heavy atom. The Morgan fingerprint density at radius 3 is 2.50 bits per heavy atom. The Labute approximate surface area is 83.8 Å². The fourth-order valence-corrected chi connectivity index (χ4v) is 0.643. The van der Waals surface area contributed by atoms with Crippen LogP contribution in [0.1, 0.15) is 0 Å². The predicted molar refractivity (Wildman–Crippen MR) is 53.4 cm³/mol. The van der Waals surface area contributed by atoms with Crippen molar-refractivity contribution in [2.75, 3.05) is 33.7 Å². The summed E-state index contributed by atoms with van der Waals surface area (Å²) in [6.07, 6.45) is 4.97. The van der Waals surface area contributed by atoms with Crippen LogP contribution in [0.5, 0.6) is 0 Å². The van der Waals surface area contributed by atoms with Gasteiger partial charge in [-0.25, -0.2) is 0 Å². The number of carbonyl (C=O) groups excluding carboxylic acids is 2. The van der Waals surface area contributed by atoms with Crippen molar-refractivity contribution < 1.29 is 9.59 Å². The van der Waals surface area contributed by atoms with Gasteiger partial charge in [0.15, 0.2) is 0 Å². The van der Waals surface area contributed by atoms with E-state index < -0.39 is 0 Å². The quantitative estimate of drug-likeness (QED) is 0.413. The Bertz CT molecular complexity index is 243. The van der Waals surface area contributed by atoms with Crippen LogP contribution in [0.2, 0.25) is 0 Å². The first kappa shape index (κ1) is 12.5. The zero-order valence-electron chi connectivity index (χ0n) is 8.46. The predicted octanol–water partition coefficient (Wildman–Crippen LogP) is -1.59. The van der Waals surface area contributed by atoms with Gasteiger partial charge < -0.3 is 10.2 Å². The molecule has 0 spiro atoms. The van der Waals surface area contributed by atoms with Gasteiger partial charge >= 0.3 is 0 Å². The number of rotatable bonds is 5. The molecule has 0 aromatic heterocycles. The molecule has 2 N–H and O–H groups in total. The van der Waals surface area contributed by atoms with Crippen molar-refractivity contribution in [2.24, 2.45) is 0 Å². The van der Waals surface area contributed by atoms with Crippen molar-refractivity contribution in [1.29, 1.82) is 0 Å². The number of hydrogen-bond donors (Lipinski definition) is 2. The molecule has 0 fully saturated rings. The van der Waals surface area contributed by atoms with E-state index in [0.717, 1.165) is 0 Å². The molecule has 2 amide bonds. The van der Waals surface area contributed by atoms with Crippen LogP contribution in [0, 0.1) is 12.3 Å². The monoisotopic (exact) mass is 197 g/mol. The van der Waals surface area contributed by atoms with Gasteiger partial charge in [0.05, 0.1) is 19.6 Å². The second-order valence-corrected chi connectivity index (χ2v) is 2.87. The van der Waals surface area contributed by atoms with Gasteiger partial charge in [-0.05, 0) is 0 Å². The first-order valence-electron chi connectivity index (χ1n) is 4.19. The highest BCUT2D eigenvalue weighted by Gasteiger charge is 2.05. The lowest BCUT2D eigenvalue weighted by molar-refractivity contribution is -0.130. The maximum Gasteiger partial charge on any atom is 0.241 e. The molecule has 0 aromatic rings. The highest BCUT2D eigenvalue weighted by atomic mass is 16.2. The number of amides is 2. The summed E-state index contributed by atoms with van der Waals surface area (Å²) in [4.78, 5) is 23.5. The van der Waals surface area contributed by atoms with E-state index in [2.05, 4.69) is 16.6 Å². The van der Waals surface area contributed by atoms with Crippen LogP contribution in [0.25, 0.3) is 0 Å². The van der Waals surface area contributed by atoms with E-state index in [1.807, 2.05) is 0 Å². The molecule has 0 saturated carbocycles. The van der Waals surface area contributed by atoms with E-state index in [0.29, 0.717) is 6.54 Å². The highest BCUT2D eigenvalue weighted by Crippen LogP contribution is 1.75. The molecular formula is C9H15N3O2. The molecule has 0 saturated heterocycles. The Hall–Kier alpha value is -1.54. The Balaban J connectivity index is 3.55. The lowest BCUT2D eigenvalue weighted by atomic mass is 10.5. The molecule has 0 bridgehead atoms. The normalized spacial score (nSPS) is 8.93. The number of nitrogens with zero attached hydrogens (tertiary/aromatic N) is 1. The molecule has 0 aromatic carbocycles. The molecule has 0 aliphatic rings. The number of carbonyl (C=O) groups is 2. The molecule has 78 valence electrons. The number of hydrogen-bond acceptors (Lipinski definition) is 3. The second kappa shape index (κ2) is 6.92. The third-order valence-corrected chi connectivity index (χ3v) is 1.45. The van der Waals surface area contributed by atoms with Crippen LogP contribution >= 0.6 is 0 Å². The van der Waals surface area contributed by atoms with Crippen molar-refractivity contribution >= 4 is 11.8 Å². The summed E-state index contributed by atoms with van der Waals surface area (Å²) >= 11 is 0. The standard InChI is InChI=1S/C9H15N3O2/c1-4-5-10-6-8(13)11-7-9(14)12(2)3/h1,10H,5-7H2,2-3H3,(H,11,13). The molecule has 0 heterocycles. The van der Waals surface area contributed by atoms with Gasteiger partial charge in [0.1, 0.15) is 0 Å². The Kier molecular flexibility index (Phi) is 6.16. The van der Waals surface area contributed by atoms with E-state index in [9.17, 15) is 9.59 Å². The van der Waals surface area contributed by atoms with Gasteiger partial charge in [-0.2, -0.15) is 0 Å². The average Bonchev–Trinajstić information content (AvgIpc) is 2.14. The van der Waals surface area contributed by atoms with Crippen LogP contribution in [0.3, 0.4) is 0 Å². The third-order valence-electron chi connectivity index (χ3n) is 1.45.